The van der Waals surface area contributed by atoms with Crippen LogP contribution in [0.25, 0.3) is 0 Å². The van der Waals surface area contributed by atoms with Gasteiger partial charge in [-0.2, -0.15) is 11.3 Å². The maximum atomic E-state index is 5.91. The molecule has 0 saturated heterocycles. The standard InChI is InChI=1S/C14H16ClNOS/c1-16-13(7-11-5-6-18-10-11)9-17-14-4-2-3-12(15)8-14/h2-6,8,10,13,16H,7,9H2,1H3. The average Bonchev–Trinajstić information content (AvgIpc) is 2.87. The zero-order chi connectivity index (χ0) is 12.8. The summed E-state index contributed by atoms with van der Waals surface area (Å²) in [4.78, 5) is 0. The minimum absolute atomic E-state index is 0.304. The number of hydrogen-bond acceptors (Lipinski definition) is 3. The number of thiophene rings is 1. The van der Waals surface area contributed by atoms with Crippen LogP contribution in [0.2, 0.25) is 5.02 Å². The van der Waals surface area contributed by atoms with Crippen molar-refractivity contribution in [3.8, 4) is 5.75 Å². The molecule has 18 heavy (non-hydrogen) atoms. The van der Waals surface area contributed by atoms with Gasteiger partial charge in [0.15, 0.2) is 0 Å². The smallest absolute Gasteiger partial charge is 0.120 e. The molecule has 0 aliphatic heterocycles. The number of benzene rings is 1. The van der Waals surface area contributed by atoms with Crippen molar-refractivity contribution in [2.75, 3.05) is 13.7 Å². The first-order chi connectivity index (χ1) is 8.78. The van der Waals surface area contributed by atoms with Crippen LogP contribution >= 0.6 is 22.9 Å². The lowest BCUT2D eigenvalue weighted by atomic mass is 10.1. The first-order valence-electron chi connectivity index (χ1n) is 5.84. The molecule has 2 aromatic rings. The number of ether oxygens (including phenoxy) is 1. The van der Waals surface area contributed by atoms with Crippen molar-refractivity contribution in [1.29, 1.82) is 0 Å². The van der Waals surface area contributed by atoms with E-state index in [1.165, 1.54) is 5.56 Å². The molecule has 0 fully saturated rings. The molecule has 2 nitrogen and oxygen atoms in total. The topological polar surface area (TPSA) is 21.3 Å². The van der Waals surface area contributed by atoms with Crippen molar-refractivity contribution in [2.24, 2.45) is 0 Å². The second-order valence-electron chi connectivity index (χ2n) is 4.09. The van der Waals surface area contributed by atoms with Crippen LogP contribution < -0.4 is 10.1 Å². The molecule has 0 aliphatic carbocycles. The Bertz CT molecular complexity index is 472. The van der Waals surface area contributed by atoms with Gasteiger partial charge in [0.25, 0.3) is 0 Å². The third-order valence-corrected chi connectivity index (χ3v) is 3.68. The van der Waals surface area contributed by atoms with Gasteiger partial charge in [0, 0.05) is 11.1 Å². The summed E-state index contributed by atoms with van der Waals surface area (Å²) in [6.45, 7) is 0.632. The van der Waals surface area contributed by atoms with Crippen molar-refractivity contribution >= 4 is 22.9 Å². The van der Waals surface area contributed by atoms with Gasteiger partial charge in [-0.25, -0.2) is 0 Å². The first-order valence-corrected chi connectivity index (χ1v) is 7.16. The van der Waals surface area contributed by atoms with Gasteiger partial charge < -0.3 is 10.1 Å². The summed E-state index contributed by atoms with van der Waals surface area (Å²) in [7, 11) is 1.96. The Morgan fingerprint density at radius 3 is 2.94 bits per heavy atom. The Morgan fingerprint density at radius 2 is 2.28 bits per heavy atom. The van der Waals surface area contributed by atoms with Crippen LogP contribution in [0.3, 0.4) is 0 Å². The Kier molecular flexibility index (Phi) is 5.05. The Morgan fingerprint density at radius 1 is 1.39 bits per heavy atom. The van der Waals surface area contributed by atoms with Gasteiger partial charge in [0.05, 0.1) is 0 Å². The quantitative estimate of drug-likeness (QED) is 0.873. The molecule has 0 bridgehead atoms. The van der Waals surface area contributed by atoms with Crippen LogP contribution in [-0.2, 0) is 6.42 Å². The molecule has 2 rings (SSSR count). The molecule has 4 heteroatoms. The summed E-state index contributed by atoms with van der Waals surface area (Å²) in [6, 6.07) is 9.94. The van der Waals surface area contributed by atoms with E-state index in [1.54, 1.807) is 11.3 Å². The summed E-state index contributed by atoms with van der Waals surface area (Å²) < 4.78 is 5.75. The third kappa shape index (κ3) is 4.02. The van der Waals surface area contributed by atoms with Crippen molar-refractivity contribution in [3.05, 3.63) is 51.7 Å². The molecule has 0 spiro atoms. The van der Waals surface area contributed by atoms with Crippen LogP contribution in [-0.4, -0.2) is 19.7 Å². The van der Waals surface area contributed by atoms with Crippen LogP contribution in [0.1, 0.15) is 5.56 Å². The fourth-order valence-corrected chi connectivity index (χ4v) is 2.55. The van der Waals surface area contributed by atoms with Gasteiger partial charge in [0.1, 0.15) is 12.4 Å². The fraction of sp³-hybridized carbons (Fsp3) is 0.286. The molecule has 96 valence electrons. The molecule has 1 atom stereocenters. The molecule has 0 amide bonds. The fourth-order valence-electron chi connectivity index (χ4n) is 1.69. The molecule has 1 unspecified atom stereocenters. The number of nitrogens with one attached hydrogen (secondary N) is 1. The lowest BCUT2D eigenvalue weighted by Crippen LogP contribution is -2.33. The van der Waals surface area contributed by atoms with E-state index in [4.69, 9.17) is 16.3 Å². The SMILES string of the molecule is CNC(COc1cccc(Cl)c1)Cc1ccsc1. The molecule has 1 heterocycles. The second kappa shape index (κ2) is 6.78. The average molecular weight is 282 g/mol. The molecular formula is C14H16ClNOS. The van der Waals surface area contributed by atoms with Crippen LogP contribution in [0, 0.1) is 0 Å². The monoisotopic (exact) mass is 281 g/mol. The van der Waals surface area contributed by atoms with Gasteiger partial charge in [-0.15, -0.1) is 0 Å². The maximum Gasteiger partial charge on any atom is 0.120 e. The number of rotatable bonds is 6. The zero-order valence-corrected chi connectivity index (χ0v) is 11.8. The minimum Gasteiger partial charge on any atom is -0.492 e. The summed E-state index contributed by atoms with van der Waals surface area (Å²) in [5, 5.41) is 8.24. The first kappa shape index (κ1) is 13.4. The highest BCUT2D eigenvalue weighted by atomic mass is 35.5. The largest absolute Gasteiger partial charge is 0.492 e. The number of hydrogen-bond donors (Lipinski definition) is 1. The lowest BCUT2D eigenvalue weighted by Gasteiger charge is -2.16. The van der Waals surface area contributed by atoms with Crippen LogP contribution in [0.5, 0.6) is 5.75 Å². The Hall–Kier alpha value is -1.03. The zero-order valence-electron chi connectivity index (χ0n) is 10.2. The molecular weight excluding hydrogens is 266 g/mol. The highest BCUT2D eigenvalue weighted by molar-refractivity contribution is 7.07. The highest BCUT2D eigenvalue weighted by Crippen LogP contribution is 2.17. The summed E-state index contributed by atoms with van der Waals surface area (Å²) >= 11 is 7.64. The Labute approximate surface area is 117 Å². The van der Waals surface area contributed by atoms with E-state index in [1.807, 2.05) is 31.3 Å². The van der Waals surface area contributed by atoms with Crippen molar-refractivity contribution in [1.82, 2.24) is 5.32 Å². The van der Waals surface area contributed by atoms with Crippen molar-refractivity contribution < 1.29 is 4.74 Å². The summed E-state index contributed by atoms with van der Waals surface area (Å²) in [6.07, 6.45) is 0.973. The van der Waals surface area contributed by atoms with E-state index in [2.05, 4.69) is 22.1 Å². The van der Waals surface area contributed by atoms with Gasteiger partial charge in [-0.1, -0.05) is 17.7 Å². The van der Waals surface area contributed by atoms with Crippen molar-refractivity contribution in [2.45, 2.75) is 12.5 Å². The Balaban J connectivity index is 1.87. The van der Waals surface area contributed by atoms with Crippen LogP contribution in [0.15, 0.2) is 41.1 Å². The predicted molar refractivity (Wildman–Crippen MR) is 77.8 cm³/mol. The molecule has 0 radical (unpaired) electrons. The van der Waals surface area contributed by atoms with E-state index in [0.717, 1.165) is 12.2 Å². The van der Waals surface area contributed by atoms with E-state index in [0.29, 0.717) is 17.7 Å². The highest BCUT2D eigenvalue weighted by Gasteiger charge is 2.08. The lowest BCUT2D eigenvalue weighted by molar-refractivity contribution is 0.270. The molecule has 0 aliphatic rings. The molecule has 1 aromatic carbocycles. The molecule has 1 N–H and O–H groups in total. The van der Waals surface area contributed by atoms with Gasteiger partial charge in [-0.3, -0.25) is 0 Å². The normalized spacial score (nSPS) is 12.3. The van der Waals surface area contributed by atoms with E-state index in [-0.39, 0.29) is 0 Å². The summed E-state index contributed by atoms with van der Waals surface area (Å²) in [5.41, 5.74) is 1.34. The third-order valence-electron chi connectivity index (χ3n) is 2.72. The second-order valence-corrected chi connectivity index (χ2v) is 5.31. The summed E-state index contributed by atoms with van der Waals surface area (Å²) in [5.74, 6) is 0.813. The van der Waals surface area contributed by atoms with Gasteiger partial charge >= 0.3 is 0 Å². The number of halogens is 1. The maximum absolute atomic E-state index is 5.91. The van der Waals surface area contributed by atoms with Crippen molar-refractivity contribution in [3.63, 3.8) is 0 Å². The van der Waals surface area contributed by atoms with Gasteiger partial charge in [0.2, 0.25) is 0 Å². The van der Waals surface area contributed by atoms with Crippen LogP contribution in [0.4, 0.5) is 0 Å². The molecule has 1 aromatic heterocycles. The van der Waals surface area contributed by atoms with E-state index >= 15 is 0 Å². The number of likely N-dealkylation sites (N-methyl/N-ethyl adjacent to an activating group) is 1. The van der Waals surface area contributed by atoms with E-state index in [9.17, 15) is 0 Å². The predicted octanol–water partition coefficient (Wildman–Crippen LogP) is 3.61. The molecule has 0 saturated carbocycles. The van der Waals surface area contributed by atoms with E-state index < -0.39 is 0 Å². The minimum atomic E-state index is 0.304. The van der Waals surface area contributed by atoms with Gasteiger partial charge in [-0.05, 0) is 54.1 Å².